The Morgan fingerprint density at radius 3 is 2.78 bits per heavy atom. The predicted octanol–water partition coefficient (Wildman–Crippen LogP) is 4.30. The van der Waals surface area contributed by atoms with Crippen LogP contribution in [0.4, 0.5) is 5.69 Å². The summed E-state index contributed by atoms with van der Waals surface area (Å²) in [6, 6.07) is 9.28. The molecule has 27 heavy (non-hydrogen) atoms. The smallest absolute Gasteiger partial charge is 0.339 e. The van der Waals surface area contributed by atoms with Gasteiger partial charge in [0.1, 0.15) is 11.3 Å². The largest absolute Gasteiger partial charge is 0.505 e. The van der Waals surface area contributed by atoms with Gasteiger partial charge in [0.15, 0.2) is 5.75 Å². The van der Waals surface area contributed by atoms with Crippen LogP contribution in [0.3, 0.4) is 0 Å². The second-order valence-electron chi connectivity index (χ2n) is 7.49. The first-order chi connectivity index (χ1) is 12.8. The Morgan fingerprint density at radius 2 is 2.11 bits per heavy atom. The molecule has 0 bridgehead atoms. The lowest BCUT2D eigenvalue weighted by Crippen LogP contribution is -2.19. The zero-order valence-electron chi connectivity index (χ0n) is 16.1. The zero-order chi connectivity index (χ0) is 19.6. The first kappa shape index (κ1) is 19.1. The van der Waals surface area contributed by atoms with E-state index in [1.165, 1.54) is 0 Å². The SMILES string of the molecule is Cc1cccc(C=Nc2cc(CN3CC[C@@H](C)C3)cc(C(=O)O)c2O)c1C. The van der Waals surface area contributed by atoms with Gasteiger partial charge in [-0.1, -0.05) is 25.1 Å². The van der Waals surface area contributed by atoms with E-state index in [2.05, 4.69) is 16.8 Å². The Morgan fingerprint density at radius 1 is 1.33 bits per heavy atom. The molecule has 3 rings (SSSR count). The average molecular weight is 366 g/mol. The molecule has 0 aliphatic carbocycles. The number of carboxylic acids is 1. The summed E-state index contributed by atoms with van der Waals surface area (Å²) in [5, 5.41) is 19.8. The molecule has 1 heterocycles. The number of benzene rings is 2. The van der Waals surface area contributed by atoms with Crippen LogP contribution in [-0.4, -0.2) is 40.4 Å². The highest BCUT2D eigenvalue weighted by atomic mass is 16.4. The molecular formula is C22H26N2O3. The van der Waals surface area contributed by atoms with E-state index in [1.807, 2.05) is 32.0 Å². The Kier molecular flexibility index (Phi) is 5.61. The van der Waals surface area contributed by atoms with Crippen LogP contribution in [0.1, 0.15) is 46.0 Å². The molecule has 2 aromatic rings. The number of hydrogen-bond donors (Lipinski definition) is 2. The van der Waals surface area contributed by atoms with Crippen LogP contribution in [-0.2, 0) is 6.54 Å². The molecule has 0 radical (unpaired) electrons. The Bertz CT molecular complexity index is 889. The molecular weight excluding hydrogens is 340 g/mol. The topological polar surface area (TPSA) is 73.1 Å². The Labute approximate surface area is 160 Å². The van der Waals surface area contributed by atoms with Crippen molar-refractivity contribution in [3.63, 3.8) is 0 Å². The minimum atomic E-state index is -1.15. The molecule has 1 saturated heterocycles. The summed E-state index contributed by atoms with van der Waals surface area (Å²) in [5.41, 5.74) is 4.26. The first-order valence-corrected chi connectivity index (χ1v) is 9.27. The first-order valence-electron chi connectivity index (χ1n) is 9.27. The number of likely N-dealkylation sites (tertiary alicyclic amines) is 1. The highest BCUT2D eigenvalue weighted by molar-refractivity contribution is 5.94. The maximum absolute atomic E-state index is 11.6. The van der Waals surface area contributed by atoms with Gasteiger partial charge in [-0.2, -0.15) is 0 Å². The number of nitrogens with zero attached hydrogens (tertiary/aromatic N) is 2. The van der Waals surface area contributed by atoms with Crippen molar-refractivity contribution in [2.45, 2.75) is 33.7 Å². The van der Waals surface area contributed by atoms with Gasteiger partial charge in [0.2, 0.25) is 0 Å². The second-order valence-corrected chi connectivity index (χ2v) is 7.49. The number of carboxylic acid groups (broad SMARTS) is 1. The lowest BCUT2D eigenvalue weighted by Gasteiger charge is -2.16. The van der Waals surface area contributed by atoms with Crippen molar-refractivity contribution in [3.05, 3.63) is 58.1 Å². The van der Waals surface area contributed by atoms with E-state index in [1.54, 1.807) is 18.3 Å². The van der Waals surface area contributed by atoms with Crippen molar-refractivity contribution < 1.29 is 15.0 Å². The number of aromatic carboxylic acids is 1. The Balaban J connectivity index is 1.94. The van der Waals surface area contributed by atoms with E-state index in [-0.39, 0.29) is 17.0 Å². The minimum absolute atomic E-state index is 0.104. The van der Waals surface area contributed by atoms with E-state index >= 15 is 0 Å². The second kappa shape index (κ2) is 7.92. The van der Waals surface area contributed by atoms with Gasteiger partial charge < -0.3 is 10.2 Å². The van der Waals surface area contributed by atoms with Gasteiger partial charge in [-0.05, 0) is 67.1 Å². The number of phenols is 1. The lowest BCUT2D eigenvalue weighted by molar-refractivity contribution is 0.0693. The monoisotopic (exact) mass is 366 g/mol. The average Bonchev–Trinajstić information content (AvgIpc) is 3.03. The number of carbonyl (C=O) groups is 1. The van der Waals surface area contributed by atoms with Crippen molar-refractivity contribution >= 4 is 17.9 Å². The lowest BCUT2D eigenvalue weighted by atomic mass is 10.0. The standard InChI is InChI=1S/C22H26N2O3/c1-14-7-8-24(12-14)13-17-9-19(22(26)27)21(25)20(10-17)23-11-18-6-4-5-15(2)16(18)3/h4-6,9-11,14,25H,7-8,12-13H2,1-3H3,(H,26,27)/t14-/m1/s1. The quantitative estimate of drug-likeness (QED) is 0.774. The molecule has 1 aliphatic rings. The van der Waals surface area contributed by atoms with Gasteiger partial charge in [0.05, 0.1) is 0 Å². The minimum Gasteiger partial charge on any atom is -0.505 e. The molecule has 2 N–H and O–H groups in total. The van der Waals surface area contributed by atoms with E-state index in [0.29, 0.717) is 12.5 Å². The zero-order valence-corrected chi connectivity index (χ0v) is 16.1. The van der Waals surface area contributed by atoms with Crippen molar-refractivity contribution in [2.75, 3.05) is 13.1 Å². The van der Waals surface area contributed by atoms with Gasteiger partial charge >= 0.3 is 5.97 Å². The fourth-order valence-electron chi connectivity index (χ4n) is 3.51. The van der Waals surface area contributed by atoms with Crippen LogP contribution in [0, 0.1) is 19.8 Å². The molecule has 0 spiro atoms. The van der Waals surface area contributed by atoms with E-state index < -0.39 is 5.97 Å². The number of rotatable bonds is 5. The molecule has 1 atom stereocenters. The van der Waals surface area contributed by atoms with Crippen molar-refractivity contribution in [1.29, 1.82) is 0 Å². The van der Waals surface area contributed by atoms with Gasteiger partial charge in [-0.15, -0.1) is 0 Å². The third kappa shape index (κ3) is 4.37. The summed E-state index contributed by atoms with van der Waals surface area (Å²) in [6.45, 7) is 8.95. The molecule has 142 valence electrons. The maximum atomic E-state index is 11.6. The highest BCUT2D eigenvalue weighted by Gasteiger charge is 2.21. The molecule has 0 amide bonds. The predicted molar refractivity (Wildman–Crippen MR) is 107 cm³/mol. The molecule has 1 fully saturated rings. The molecule has 5 nitrogen and oxygen atoms in total. The van der Waals surface area contributed by atoms with Crippen molar-refractivity contribution in [1.82, 2.24) is 4.90 Å². The summed E-state index contributed by atoms with van der Waals surface area (Å²) >= 11 is 0. The third-order valence-electron chi connectivity index (χ3n) is 5.28. The molecule has 5 heteroatoms. The number of aliphatic imine (C=N–C) groups is 1. The molecule has 0 aromatic heterocycles. The van der Waals surface area contributed by atoms with Crippen LogP contribution in [0.15, 0.2) is 35.3 Å². The van der Waals surface area contributed by atoms with E-state index in [9.17, 15) is 15.0 Å². The van der Waals surface area contributed by atoms with Crippen LogP contribution < -0.4 is 0 Å². The summed E-state index contributed by atoms with van der Waals surface area (Å²) in [7, 11) is 0. The summed E-state index contributed by atoms with van der Waals surface area (Å²) in [5.74, 6) is -0.780. The van der Waals surface area contributed by atoms with Gasteiger partial charge in [0.25, 0.3) is 0 Å². The fraction of sp³-hybridized carbons (Fsp3) is 0.364. The van der Waals surface area contributed by atoms with Gasteiger partial charge in [-0.25, -0.2) is 4.79 Å². The van der Waals surface area contributed by atoms with Crippen LogP contribution >= 0.6 is 0 Å². The summed E-state index contributed by atoms with van der Waals surface area (Å²) in [4.78, 5) is 18.3. The maximum Gasteiger partial charge on any atom is 0.339 e. The van der Waals surface area contributed by atoms with Crippen molar-refractivity contribution in [2.24, 2.45) is 10.9 Å². The summed E-state index contributed by atoms with van der Waals surface area (Å²) < 4.78 is 0. The number of aryl methyl sites for hydroxylation is 1. The summed E-state index contributed by atoms with van der Waals surface area (Å²) in [6.07, 6.45) is 2.84. The molecule has 0 unspecified atom stereocenters. The fourth-order valence-corrected chi connectivity index (χ4v) is 3.51. The highest BCUT2D eigenvalue weighted by Crippen LogP contribution is 2.33. The normalized spacial score (nSPS) is 17.7. The van der Waals surface area contributed by atoms with Gasteiger partial charge in [0, 0.05) is 19.3 Å². The molecule has 1 aliphatic heterocycles. The number of hydrogen-bond acceptors (Lipinski definition) is 4. The van der Waals surface area contributed by atoms with Crippen LogP contribution in [0.25, 0.3) is 0 Å². The van der Waals surface area contributed by atoms with Crippen molar-refractivity contribution in [3.8, 4) is 5.75 Å². The van der Waals surface area contributed by atoms with E-state index in [0.717, 1.165) is 41.8 Å². The number of aromatic hydroxyl groups is 1. The third-order valence-corrected chi connectivity index (χ3v) is 5.28. The van der Waals surface area contributed by atoms with Crippen LogP contribution in [0.2, 0.25) is 0 Å². The van der Waals surface area contributed by atoms with Crippen LogP contribution in [0.5, 0.6) is 5.75 Å². The molecule has 2 aromatic carbocycles. The Hall–Kier alpha value is -2.66. The molecule has 0 saturated carbocycles. The van der Waals surface area contributed by atoms with E-state index in [4.69, 9.17) is 0 Å². The van der Waals surface area contributed by atoms with Gasteiger partial charge in [-0.3, -0.25) is 9.89 Å².